The maximum atomic E-state index is 5.78. The van der Waals surface area contributed by atoms with Crippen LogP contribution in [0.25, 0.3) is 0 Å². The fourth-order valence-corrected chi connectivity index (χ4v) is 2.84. The Bertz CT molecular complexity index is 399. The van der Waals surface area contributed by atoms with E-state index in [0.717, 1.165) is 17.8 Å². The van der Waals surface area contributed by atoms with Crippen molar-refractivity contribution in [2.75, 3.05) is 11.4 Å². The summed E-state index contributed by atoms with van der Waals surface area (Å²) in [5, 5.41) is 0. The maximum absolute atomic E-state index is 5.78. The molecule has 1 fully saturated rings. The van der Waals surface area contributed by atoms with Gasteiger partial charge in [-0.05, 0) is 25.8 Å². The molecule has 0 bridgehead atoms. The van der Waals surface area contributed by atoms with Crippen LogP contribution >= 0.6 is 12.2 Å². The van der Waals surface area contributed by atoms with Gasteiger partial charge >= 0.3 is 0 Å². The van der Waals surface area contributed by atoms with Gasteiger partial charge in [-0.3, -0.25) is 4.98 Å². The van der Waals surface area contributed by atoms with Gasteiger partial charge in [0, 0.05) is 24.3 Å². The van der Waals surface area contributed by atoms with E-state index in [9.17, 15) is 0 Å². The summed E-state index contributed by atoms with van der Waals surface area (Å²) >= 11 is 5.11. The average Bonchev–Trinajstić information content (AvgIpc) is 2.84. The first-order valence-electron chi connectivity index (χ1n) is 6.24. The highest BCUT2D eigenvalue weighted by Gasteiger charge is 2.23. The molecule has 1 heterocycles. The summed E-state index contributed by atoms with van der Waals surface area (Å²) in [4.78, 5) is 7.07. The highest BCUT2D eigenvalue weighted by atomic mass is 32.1. The third-order valence-corrected chi connectivity index (χ3v) is 3.70. The second-order valence-corrected chi connectivity index (χ2v) is 4.92. The van der Waals surface area contributed by atoms with Gasteiger partial charge in [0.25, 0.3) is 0 Å². The van der Waals surface area contributed by atoms with Gasteiger partial charge in [0.1, 0.15) is 4.99 Å². The lowest BCUT2D eigenvalue weighted by molar-refractivity contribution is 0.618. The van der Waals surface area contributed by atoms with E-state index in [1.807, 2.05) is 12.3 Å². The molecular weight excluding hydrogens is 230 g/mol. The molecule has 3 nitrogen and oxygen atoms in total. The van der Waals surface area contributed by atoms with Crippen molar-refractivity contribution in [1.29, 1.82) is 0 Å². The number of rotatable bonds is 4. The second-order valence-electron chi connectivity index (χ2n) is 4.48. The van der Waals surface area contributed by atoms with Crippen LogP contribution < -0.4 is 10.6 Å². The molecule has 0 unspecified atom stereocenters. The lowest BCUT2D eigenvalue weighted by atomic mass is 10.1. The molecule has 17 heavy (non-hydrogen) atoms. The van der Waals surface area contributed by atoms with E-state index in [1.165, 1.54) is 25.7 Å². The summed E-state index contributed by atoms with van der Waals surface area (Å²) in [6.45, 7) is 3.15. The lowest BCUT2D eigenvalue weighted by Crippen LogP contribution is -2.34. The van der Waals surface area contributed by atoms with Gasteiger partial charge in [0.2, 0.25) is 0 Å². The minimum Gasteiger partial charge on any atom is -0.389 e. The third-order valence-electron chi connectivity index (χ3n) is 3.48. The van der Waals surface area contributed by atoms with Crippen LogP contribution in [0.15, 0.2) is 18.5 Å². The summed E-state index contributed by atoms with van der Waals surface area (Å²) in [5.74, 6) is 0. The molecule has 4 heteroatoms. The van der Waals surface area contributed by atoms with Crippen molar-refractivity contribution in [2.24, 2.45) is 5.73 Å². The molecule has 0 amide bonds. The third kappa shape index (κ3) is 2.57. The smallest absolute Gasteiger partial charge is 0.106 e. The number of nitrogens with two attached hydrogens (primary N) is 1. The Morgan fingerprint density at radius 1 is 1.53 bits per heavy atom. The molecule has 0 aliphatic heterocycles. The Labute approximate surface area is 108 Å². The molecule has 1 aliphatic carbocycles. The number of thiocarbonyl (C=S) groups is 1. The van der Waals surface area contributed by atoms with E-state index in [1.54, 1.807) is 6.20 Å². The molecule has 0 spiro atoms. The van der Waals surface area contributed by atoms with Gasteiger partial charge in [-0.15, -0.1) is 0 Å². The van der Waals surface area contributed by atoms with E-state index in [2.05, 4.69) is 16.8 Å². The second kappa shape index (κ2) is 5.45. The summed E-state index contributed by atoms with van der Waals surface area (Å²) in [6, 6.07) is 2.53. The molecule has 1 aromatic heterocycles. The van der Waals surface area contributed by atoms with Crippen molar-refractivity contribution < 1.29 is 0 Å². The summed E-state index contributed by atoms with van der Waals surface area (Å²) < 4.78 is 0. The van der Waals surface area contributed by atoms with Crippen LogP contribution in [0.4, 0.5) is 5.69 Å². The predicted molar refractivity (Wildman–Crippen MR) is 75.4 cm³/mol. The fourth-order valence-electron chi connectivity index (χ4n) is 2.66. The first-order valence-corrected chi connectivity index (χ1v) is 6.65. The van der Waals surface area contributed by atoms with E-state index in [4.69, 9.17) is 18.0 Å². The van der Waals surface area contributed by atoms with Crippen molar-refractivity contribution >= 4 is 22.9 Å². The van der Waals surface area contributed by atoms with Crippen LogP contribution in [0, 0.1) is 0 Å². The number of hydrogen-bond acceptors (Lipinski definition) is 3. The molecule has 0 radical (unpaired) electrons. The molecule has 0 atom stereocenters. The maximum Gasteiger partial charge on any atom is 0.106 e. The van der Waals surface area contributed by atoms with Crippen molar-refractivity contribution in [3.05, 3.63) is 24.0 Å². The fraction of sp³-hybridized carbons (Fsp3) is 0.538. The highest BCUT2D eigenvalue weighted by molar-refractivity contribution is 7.80. The standard InChI is InChI=1S/C13H19N3S/c1-2-16(10-5-3-4-6-10)12-9-15-8-7-11(12)13(14)17/h7-10H,2-6H2,1H3,(H2,14,17). The molecule has 2 N–H and O–H groups in total. The van der Waals surface area contributed by atoms with E-state index in [0.29, 0.717) is 11.0 Å². The molecule has 1 saturated carbocycles. The normalized spacial score (nSPS) is 16.1. The zero-order valence-corrected chi connectivity index (χ0v) is 11.0. The van der Waals surface area contributed by atoms with Gasteiger partial charge < -0.3 is 10.6 Å². The molecule has 0 aromatic carbocycles. The van der Waals surface area contributed by atoms with Gasteiger partial charge in [0.15, 0.2) is 0 Å². The predicted octanol–water partition coefficient (Wildman–Crippen LogP) is 2.48. The van der Waals surface area contributed by atoms with E-state index in [-0.39, 0.29) is 0 Å². The molecule has 2 rings (SSSR count). The number of anilines is 1. The van der Waals surface area contributed by atoms with Crippen LogP contribution in [0.2, 0.25) is 0 Å². The molecule has 0 saturated heterocycles. The van der Waals surface area contributed by atoms with Gasteiger partial charge in [0.05, 0.1) is 11.9 Å². The van der Waals surface area contributed by atoms with Crippen molar-refractivity contribution in [1.82, 2.24) is 4.98 Å². The minimum absolute atomic E-state index is 0.457. The van der Waals surface area contributed by atoms with Gasteiger partial charge in [-0.25, -0.2) is 0 Å². The Morgan fingerprint density at radius 3 is 2.82 bits per heavy atom. The number of nitrogens with zero attached hydrogens (tertiary/aromatic N) is 2. The van der Waals surface area contributed by atoms with Crippen molar-refractivity contribution in [2.45, 2.75) is 38.6 Å². The number of aromatic nitrogens is 1. The Balaban J connectivity index is 2.32. The molecular formula is C13H19N3S. The summed E-state index contributed by atoms with van der Waals surface area (Å²) in [7, 11) is 0. The van der Waals surface area contributed by atoms with Crippen LogP contribution in [-0.2, 0) is 0 Å². The van der Waals surface area contributed by atoms with E-state index >= 15 is 0 Å². The molecule has 1 aliphatic rings. The van der Waals surface area contributed by atoms with Crippen LogP contribution in [0.1, 0.15) is 38.2 Å². The monoisotopic (exact) mass is 249 g/mol. The molecule has 92 valence electrons. The first-order chi connectivity index (χ1) is 8.24. The highest BCUT2D eigenvalue weighted by Crippen LogP contribution is 2.29. The SMILES string of the molecule is CCN(c1cnccc1C(N)=S)C1CCCC1. The number of pyridine rings is 1. The van der Waals surface area contributed by atoms with Gasteiger partial charge in [-0.2, -0.15) is 0 Å². The lowest BCUT2D eigenvalue weighted by Gasteiger charge is -2.31. The zero-order chi connectivity index (χ0) is 12.3. The van der Waals surface area contributed by atoms with E-state index < -0.39 is 0 Å². The zero-order valence-electron chi connectivity index (χ0n) is 10.2. The van der Waals surface area contributed by atoms with Crippen LogP contribution in [0.3, 0.4) is 0 Å². The Morgan fingerprint density at radius 2 is 2.24 bits per heavy atom. The van der Waals surface area contributed by atoms with Gasteiger partial charge in [-0.1, -0.05) is 25.1 Å². The number of hydrogen-bond donors (Lipinski definition) is 1. The molecule has 1 aromatic rings. The Hall–Kier alpha value is -1.16. The van der Waals surface area contributed by atoms with Crippen molar-refractivity contribution in [3.63, 3.8) is 0 Å². The van der Waals surface area contributed by atoms with Crippen LogP contribution in [-0.4, -0.2) is 22.6 Å². The average molecular weight is 249 g/mol. The topological polar surface area (TPSA) is 42.2 Å². The van der Waals surface area contributed by atoms with Crippen LogP contribution in [0.5, 0.6) is 0 Å². The largest absolute Gasteiger partial charge is 0.389 e. The Kier molecular flexibility index (Phi) is 3.94. The summed E-state index contributed by atoms with van der Waals surface area (Å²) in [6.07, 6.45) is 8.81. The quantitative estimate of drug-likeness (QED) is 0.833. The van der Waals surface area contributed by atoms with Crippen molar-refractivity contribution in [3.8, 4) is 0 Å². The summed E-state index contributed by atoms with van der Waals surface area (Å²) in [5.41, 5.74) is 7.82. The first kappa shape index (κ1) is 12.3. The minimum atomic E-state index is 0.457.